The summed E-state index contributed by atoms with van der Waals surface area (Å²) in [6.45, 7) is 7.80. The highest BCUT2D eigenvalue weighted by Crippen LogP contribution is 2.28. The van der Waals surface area contributed by atoms with Crippen LogP contribution < -0.4 is 5.32 Å². The second kappa shape index (κ2) is 5.21. The molecule has 0 bridgehead atoms. The van der Waals surface area contributed by atoms with E-state index in [1.54, 1.807) is 0 Å². The van der Waals surface area contributed by atoms with E-state index in [1.165, 1.54) is 24.8 Å². The summed E-state index contributed by atoms with van der Waals surface area (Å²) in [5, 5.41) is 8.08. The van der Waals surface area contributed by atoms with Crippen LogP contribution in [0, 0.1) is 18.8 Å². The van der Waals surface area contributed by atoms with E-state index in [2.05, 4.69) is 37.4 Å². The van der Waals surface area contributed by atoms with Crippen LogP contribution in [-0.2, 0) is 13.6 Å². The Morgan fingerprint density at radius 1 is 1.29 bits per heavy atom. The molecule has 0 radical (unpaired) electrons. The lowest BCUT2D eigenvalue weighted by molar-refractivity contribution is 0.238. The molecule has 1 saturated carbocycles. The van der Waals surface area contributed by atoms with Crippen LogP contribution in [0.25, 0.3) is 0 Å². The van der Waals surface area contributed by atoms with Crippen LogP contribution in [0.4, 0.5) is 0 Å². The van der Waals surface area contributed by atoms with Gasteiger partial charge in [0.25, 0.3) is 0 Å². The van der Waals surface area contributed by atoms with Crippen molar-refractivity contribution in [2.24, 2.45) is 18.9 Å². The molecule has 3 heteroatoms. The third-order valence-corrected chi connectivity index (χ3v) is 3.87. The van der Waals surface area contributed by atoms with Gasteiger partial charge in [0.05, 0.1) is 5.69 Å². The molecule has 0 amide bonds. The molecule has 0 saturated heterocycles. The van der Waals surface area contributed by atoms with Crippen molar-refractivity contribution in [2.45, 2.75) is 52.6 Å². The third-order valence-electron chi connectivity index (χ3n) is 3.87. The van der Waals surface area contributed by atoms with Gasteiger partial charge in [-0.25, -0.2) is 0 Å². The number of nitrogens with zero attached hydrogens (tertiary/aromatic N) is 2. The molecular formula is C14H25N3. The zero-order valence-corrected chi connectivity index (χ0v) is 11.5. The molecule has 1 fully saturated rings. The molecule has 96 valence electrons. The molecule has 3 nitrogen and oxygen atoms in total. The summed E-state index contributed by atoms with van der Waals surface area (Å²) < 4.78 is 1.90. The molecule has 0 spiro atoms. The van der Waals surface area contributed by atoms with E-state index >= 15 is 0 Å². The highest BCUT2D eigenvalue weighted by Gasteiger charge is 2.23. The monoisotopic (exact) mass is 235 g/mol. The maximum Gasteiger partial charge on any atom is 0.0638 e. The maximum absolute atomic E-state index is 4.38. The van der Waals surface area contributed by atoms with Gasteiger partial charge in [0.2, 0.25) is 0 Å². The molecule has 0 aromatic carbocycles. The van der Waals surface area contributed by atoms with Gasteiger partial charge in [-0.1, -0.05) is 13.8 Å². The molecule has 1 heterocycles. The van der Waals surface area contributed by atoms with E-state index in [1.807, 2.05) is 11.7 Å². The fraction of sp³-hybridized carbons (Fsp3) is 0.786. The first kappa shape index (κ1) is 12.6. The van der Waals surface area contributed by atoms with Gasteiger partial charge in [-0.2, -0.15) is 5.10 Å². The number of hydrogen-bond donors (Lipinski definition) is 1. The van der Waals surface area contributed by atoms with Crippen LogP contribution in [0.2, 0.25) is 0 Å². The van der Waals surface area contributed by atoms with Crippen molar-refractivity contribution in [3.8, 4) is 0 Å². The Hall–Kier alpha value is -0.830. The number of hydrogen-bond acceptors (Lipinski definition) is 2. The van der Waals surface area contributed by atoms with Crippen molar-refractivity contribution in [3.63, 3.8) is 0 Å². The van der Waals surface area contributed by atoms with E-state index in [-0.39, 0.29) is 0 Å². The molecule has 1 aliphatic rings. The van der Waals surface area contributed by atoms with E-state index in [0.29, 0.717) is 6.04 Å². The van der Waals surface area contributed by atoms with Crippen molar-refractivity contribution in [1.82, 2.24) is 15.1 Å². The average molecular weight is 235 g/mol. The lowest BCUT2D eigenvalue weighted by atomic mass is 9.80. The molecule has 2 unspecified atom stereocenters. The fourth-order valence-electron chi connectivity index (χ4n) is 3.19. The Bertz CT molecular complexity index is 360. The van der Waals surface area contributed by atoms with Gasteiger partial charge in [0.1, 0.15) is 0 Å². The molecule has 2 atom stereocenters. The Labute approximate surface area is 105 Å². The predicted octanol–water partition coefficient (Wildman–Crippen LogP) is 2.64. The molecular weight excluding hydrogens is 210 g/mol. The number of nitrogens with one attached hydrogen (secondary N) is 1. The van der Waals surface area contributed by atoms with Gasteiger partial charge in [0, 0.05) is 31.4 Å². The first-order valence-corrected chi connectivity index (χ1v) is 6.77. The summed E-state index contributed by atoms with van der Waals surface area (Å²) in [6.07, 6.45) is 6.16. The van der Waals surface area contributed by atoms with Gasteiger partial charge < -0.3 is 5.32 Å². The maximum atomic E-state index is 4.38. The van der Waals surface area contributed by atoms with Crippen molar-refractivity contribution in [3.05, 3.63) is 17.5 Å². The quantitative estimate of drug-likeness (QED) is 0.873. The van der Waals surface area contributed by atoms with E-state index in [9.17, 15) is 0 Å². The number of rotatable bonds is 3. The van der Waals surface area contributed by atoms with Gasteiger partial charge in [-0.3, -0.25) is 4.68 Å². The predicted molar refractivity (Wildman–Crippen MR) is 70.8 cm³/mol. The largest absolute Gasteiger partial charge is 0.310 e. The lowest BCUT2D eigenvalue weighted by Crippen LogP contribution is -2.35. The van der Waals surface area contributed by atoms with Crippen LogP contribution in [0.3, 0.4) is 0 Å². The van der Waals surface area contributed by atoms with Crippen molar-refractivity contribution in [2.75, 3.05) is 0 Å². The third kappa shape index (κ3) is 3.32. The summed E-state index contributed by atoms with van der Waals surface area (Å²) in [4.78, 5) is 0. The molecule has 1 N–H and O–H groups in total. The summed E-state index contributed by atoms with van der Waals surface area (Å²) in [7, 11) is 1.99. The summed E-state index contributed by atoms with van der Waals surface area (Å²) in [5.74, 6) is 1.73. The van der Waals surface area contributed by atoms with Crippen LogP contribution in [0.1, 0.15) is 44.4 Å². The minimum atomic E-state index is 0.688. The summed E-state index contributed by atoms with van der Waals surface area (Å²) in [5.41, 5.74) is 2.48. The summed E-state index contributed by atoms with van der Waals surface area (Å²) in [6, 6.07) is 0.688. The summed E-state index contributed by atoms with van der Waals surface area (Å²) >= 11 is 0. The van der Waals surface area contributed by atoms with Crippen molar-refractivity contribution in [1.29, 1.82) is 0 Å². The van der Waals surface area contributed by atoms with Crippen LogP contribution in [0.5, 0.6) is 0 Å². The second-order valence-electron chi connectivity index (χ2n) is 5.91. The minimum absolute atomic E-state index is 0.688. The Kier molecular flexibility index (Phi) is 3.87. The lowest BCUT2D eigenvalue weighted by Gasteiger charge is -2.32. The fourth-order valence-corrected chi connectivity index (χ4v) is 3.19. The molecule has 1 aromatic rings. The molecule has 2 rings (SSSR count). The van der Waals surface area contributed by atoms with E-state index in [4.69, 9.17) is 0 Å². The first-order valence-electron chi connectivity index (χ1n) is 6.77. The number of aryl methyl sites for hydroxylation is 2. The van der Waals surface area contributed by atoms with Gasteiger partial charge in [0.15, 0.2) is 0 Å². The second-order valence-corrected chi connectivity index (χ2v) is 5.91. The topological polar surface area (TPSA) is 29.9 Å². The Balaban J connectivity index is 1.87. The van der Waals surface area contributed by atoms with Crippen LogP contribution in [-0.4, -0.2) is 15.8 Å². The average Bonchev–Trinajstić information content (AvgIpc) is 2.53. The zero-order valence-electron chi connectivity index (χ0n) is 11.5. The van der Waals surface area contributed by atoms with Gasteiger partial charge in [-0.05, 0) is 38.0 Å². The first-order chi connectivity index (χ1) is 8.04. The molecule has 1 aromatic heterocycles. The SMILES string of the molecule is Cc1nn(C)cc1CNC1CC(C)CC(C)C1. The zero-order chi connectivity index (χ0) is 12.4. The van der Waals surface area contributed by atoms with Crippen molar-refractivity contribution >= 4 is 0 Å². The Morgan fingerprint density at radius 3 is 2.47 bits per heavy atom. The standard InChI is InChI=1S/C14H25N3/c1-10-5-11(2)7-14(6-10)15-8-13-9-17(4)16-12(13)3/h9-11,14-15H,5-8H2,1-4H3. The normalized spacial score (nSPS) is 29.5. The highest BCUT2D eigenvalue weighted by molar-refractivity contribution is 5.14. The molecule has 1 aliphatic carbocycles. The van der Waals surface area contributed by atoms with Crippen molar-refractivity contribution < 1.29 is 0 Å². The number of aromatic nitrogens is 2. The van der Waals surface area contributed by atoms with Crippen LogP contribution >= 0.6 is 0 Å². The van der Waals surface area contributed by atoms with Gasteiger partial charge in [-0.15, -0.1) is 0 Å². The highest BCUT2D eigenvalue weighted by atomic mass is 15.2. The van der Waals surface area contributed by atoms with Crippen LogP contribution in [0.15, 0.2) is 6.20 Å². The van der Waals surface area contributed by atoms with E-state index in [0.717, 1.165) is 24.1 Å². The smallest absolute Gasteiger partial charge is 0.0638 e. The van der Waals surface area contributed by atoms with Gasteiger partial charge >= 0.3 is 0 Å². The minimum Gasteiger partial charge on any atom is -0.310 e. The molecule has 17 heavy (non-hydrogen) atoms. The Morgan fingerprint density at radius 2 is 1.94 bits per heavy atom. The molecule has 0 aliphatic heterocycles. The van der Waals surface area contributed by atoms with E-state index < -0.39 is 0 Å².